The number of halogens is 1. The minimum Gasteiger partial charge on any atom is -0.495 e. The summed E-state index contributed by atoms with van der Waals surface area (Å²) in [5.41, 5.74) is 2.14. The van der Waals surface area contributed by atoms with Crippen LogP contribution in [0.15, 0.2) is 42.5 Å². The number of fused-ring (bicyclic) bond motifs is 4. The second-order valence-electron chi connectivity index (χ2n) is 8.45. The van der Waals surface area contributed by atoms with E-state index in [9.17, 15) is 9.59 Å². The van der Waals surface area contributed by atoms with Crippen molar-refractivity contribution in [1.29, 1.82) is 0 Å². The Morgan fingerprint density at radius 2 is 1.80 bits per heavy atom. The number of benzene rings is 2. The molecule has 2 aromatic carbocycles. The molecule has 5 rings (SSSR count). The van der Waals surface area contributed by atoms with Crippen molar-refractivity contribution in [2.24, 2.45) is 5.41 Å². The third-order valence-corrected chi connectivity index (χ3v) is 7.24. The van der Waals surface area contributed by atoms with Gasteiger partial charge >= 0.3 is 0 Å². The van der Waals surface area contributed by atoms with Crippen LogP contribution in [0, 0.1) is 5.41 Å². The highest BCUT2D eigenvalue weighted by Gasteiger charge is 2.58. The average molecular weight is 425 g/mol. The molecule has 0 amide bonds. The molecule has 0 N–H and O–H groups in total. The Balaban J connectivity index is 1.61. The van der Waals surface area contributed by atoms with Gasteiger partial charge in [0.1, 0.15) is 22.7 Å². The van der Waals surface area contributed by atoms with E-state index in [-0.39, 0.29) is 17.6 Å². The van der Waals surface area contributed by atoms with Crippen molar-refractivity contribution >= 4 is 34.5 Å². The molecule has 6 heteroatoms. The lowest BCUT2D eigenvalue weighted by Gasteiger charge is -2.55. The number of nitrogens with zero attached hydrogens (tertiary/aromatic N) is 2. The van der Waals surface area contributed by atoms with Crippen molar-refractivity contribution in [2.45, 2.75) is 31.7 Å². The quantitative estimate of drug-likeness (QED) is 0.684. The predicted molar refractivity (Wildman–Crippen MR) is 118 cm³/mol. The van der Waals surface area contributed by atoms with Gasteiger partial charge in [0.05, 0.1) is 18.8 Å². The van der Waals surface area contributed by atoms with E-state index >= 15 is 0 Å². The van der Waals surface area contributed by atoms with Crippen LogP contribution in [0.3, 0.4) is 0 Å². The van der Waals surface area contributed by atoms with Crippen LogP contribution in [0.25, 0.3) is 0 Å². The van der Waals surface area contributed by atoms with E-state index in [1.165, 1.54) is 0 Å². The molecule has 1 saturated carbocycles. The maximum atomic E-state index is 13.4. The van der Waals surface area contributed by atoms with Gasteiger partial charge in [0.25, 0.3) is 0 Å². The smallest absolute Gasteiger partial charge is 0.148 e. The molecule has 2 fully saturated rings. The highest BCUT2D eigenvalue weighted by Crippen LogP contribution is 2.48. The summed E-state index contributed by atoms with van der Waals surface area (Å²) < 4.78 is 5.58. The second kappa shape index (κ2) is 7.31. The number of methoxy groups -OCH3 is 1. The van der Waals surface area contributed by atoms with Crippen LogP contribution in [0.4, 0.5) is 11.4 Å². The van der Waals surface area contributed by atoms with Crippen molar-refractivity contribution in [3.05, 3.63) is 53.1 Å². The van der Waals surface area contributed by atoms with E-state index in [2.05, 4.69) is 9.80 Å². The van der Waals surface area contributed by atoms with Crippen LogP contribution in [0.2, 0.25) is 5.02 Å². The molecule has 3 aliphatic rings. The van der Waals surface area contributed by atoms with Crippen LogP contribution in [-0.2, 0) is 16.0 Å². The lowest BCUT2D eigenvalue weighted by atomic mass is 9.61. The number of hydrogen-bond donors (Lipinski definition) is 0. The summed E-state index contributed by atoms with van der Waals surface area (Å²) in [7, 11) is 1.67. The van der Waals surface area contributed by atoms with Gasteiger partial charge < -0.3 is 14.5 Å². The average Bonchev–Trinajstić information content (AvgIpc) is 2.77. The van der Waals surface area contributed by atoms with Gasteiger partial charge in [-0.05, 0) is 42.7 Å². The molecule has 1 aliphatic carbocycles. The molecule has 2 aliphatic heterocycles. The minimum absolute atomic E-state index is 0.0937. The van der Waals surface area contributed by atoms with E-state index in [0.717, 1.165) is 35.8 Å². The fourth-order valence-electron chi connectivity index (χ4n) is 5.55. The summed E-state index contributed by atoms with van der Waals surface area (Å²) in [6.07, 6.45) is 2.09. The highest BCUT2D eigenvalue weighted by atomic mass is 35.5. The zero-order chi connectivity index (χ0) is 20.9. The van der Waals surface area contributed by atoms with Gasteiger partial charge in [0.2, 0.25) is 0 Å². The molecule has 156 valence electrons. The first-order valence-electron chi connectivity index (χ1n) is 10.5. The first-order chi connectivity index (χ1) is 14.5. The van der Waals surface area contributed by atoms with Gasteiger partial charge in [0.15, 0.2) is 0 Å². The fraction of sp³-hybridized carbons (Fsp3) is 0.417. The number of piperazine rings is 1. The Labute approximate surface area is 181 Å². The Morgan fingerprint density at radius 1 is 1.03 bits per heavy atom. The number of carbonyl (C=O) groups is 2. The molecule has 2 heterocycles. The molecule has 5 nitrogen and oxygen atoms in total. The zero-order valence-electron chi connectivity index (χ0n) is 17.1. The number of Topliss-reactive ketones (excluding diaryl/α,β-unsaturated/α-hetero) is 2. The number of carbonyl (C=O) groups excluding carboxylic acids is 2. The van der Waals surface area contributed by atoms with Gasteiger partial charge in [0, 0.05) is 43.2 Å². The Bertz CT molecular complexity index is 1010. The van der Waals surface area contributed by atoms with Crippen molar-refractivity contribution in [2.75, 3.05) is 36.5 Å². The lowest BCUT2D eigenvalue weighted by Crippen LogP contribution is -2.68. The molecule has 30 heavy (non-hydrogen) atoms. The Morgan fingerprint density at radius 3 is 2.57 bits per heavy atom. The van der Waals surface area contributed by atoms with Crippen LogP contribution in [0.1, 0.15) is 24.8 Å². The van der Waals surface area contributed by atoms with Crippen molar-refractivity contribution in [3.8, 4) is 5.75 Å². The minimum atomic E-state index is -0.972. The van der Waals surface area contributed by atoms with Gasteiger partial charge in [-0.1, -0.05) is 29.8 Å². The Hall–Kier alpha value is -2.53. The molecule has 0 aromatic heterocycles. The number of anilines is 2. The molecular formula is C24H25ClN2O3. The summed E-state index contributed by atoms with van der Waals surface area (Å²) >= 11 is 6.32. The highest BCUT2D eigenvalue weighted by molar-refractivity contribution is 6.31. The van der Waals surface area contributed by atoms with Crippen LogP contribution in [-0.4, -0.2) is 44.4 Å². The van der Waals surface area contributed by atoms with Gasteiger partial charge in [-0.15, -0.1) is 0 Å². The number of hydrogen-bond acceptors (Lipinski definition) is 5. The van der Waals surface area contributed by atoms with E-state index in [4.69, 9.17) is 16.3 Å². The van der Waals surface area contributed by atoms with Gasteiger partial charge in [-0.3, -0.25) is 9.59 Å². The standard InChI is InChI=1S/C24H25ClN2O3/c1-30-20-6-3-2-5-18(20)26-11-12-27-19-13-17(25)10-9-16(19)14-24(21(27)15-26)22(28)7-4-8-23(24)29/h2-3,5-6,9-10,13,21H,4,7-8,11-12,14-15H2,1H3/t21-/m1/s1. The first-order valence-corrected chi connectivity index (χ1v) is 10.9. The summed E-state index contributed by atoms with van der Waals surface area (Å²) in [4.78, 5) is 31.2. The molecule has 1 atom stereocenters. The summed E-state index contributed by atoms with van der Waals surface area (Å²) in [5, 5.41) is 0.678. The van der Waals surface area contributed by atoms with Crippen LogP contribution in [0.5, 0.6) is 5.75 Å². The SMILES string of the molecule is COc1ccccc1N1CCN2c3cc(Cl)ccc3CC3(C(=O)CCCC3=O)[C@H]2C1. The van der Waals surface area contributed by atoms with Crippen LogP contribution >= 0.6 is 11.6 Å². The third-order valence-electron chi connectivity index (χ3n) is 7.00. The van der Waals surface area contributed by atoms with E-state index in [1.807, 2.05) is 42.5 Å². The number of ether oxygens (including phenoxy) is 1. The monoisotopic (exact) mass is 424 g/mol. The second-order valence-corrected chi connectivity index (χ2v) is 8.88. The maximum Gasteiger partial charge on any atom is 0.148 e. The summed E-state index contributed by atoms with van der Waals surface area (Å²) in [6, 6.07) is 13.5. The molecule has 0 unspecified atom stereocenters. The van der Waals surface area contributed by atoms with Crippen LogP contribution < -0.4 is 14.5 Å². The molecule has 0 radical (unpaired) electrons. The molecule has 0 bridgehead atoms. The largest absolute Gasteiger partial charge is 0.495 e. The predicted octanol–water partition coefficient (Wildman–Crippen LogP) is 3.91. The summed E-state index contributed by atoms with van der Waals surface area (Å²) in [6.45, 7) is 2.10. The van der Waals surface area contributed by atoms with Crippen molar-refractivity contribution in [3.63, 3.8) is 0 Å². The zero-order valence-corrected chi connectivity index (χ0v) is 17.8. The van der Waals surface area contributed by atoms with Gasteiger partial charge in [-0.2, -0.15) is 0 Å². The van der Waals surface area contributed by atoms with Gasteiger partial charge in [-0.25, -0.2) is 0 Å². The van der Waals surface area contributed by atoms with E-state index < -0.39 is 5.41 Å². The first kappa shape index (κ1) is 19.4. The lowest BCUT2D eigenvalue weighted by molar-refractivity contribution is -0.146. The molecule has 1 saturated heterocycles. The number of para-hydroxylation sites is 2. The molecule has 1 spiro atoms. The van der Waals surface area contributed by atoms with Crippen molar-refractivity contribution in [1.82, 2.24) is 0 Å². The summed E-state index contributed by atoms with van der Waals surface area (Å²) in [5.74, 6) is 0.994. The number of rotatable bonds is 2. The third kappa shape index (κ3) is 2.83. The van der Waals surface area contributed by atoms with Crippen molar-refractivity contribution < 1.29 is 14.3 Å². The number of ketones is 2. The van der Waals surface area contributed by atoms with E-state index in [1.54, 1.807) is 7.11 Å². The Kier molecular flexibility index (Phi) is 4.73. The van der Waals surface area contributed by atoms with E-state index in [0.29, 0.717) is 37.3 Å². The topological polar surface area (TPSA) is 49.9 Å². The molecule has 2 aromatic rings. The normalized spacial score (nSPS) is 22.7. The molecular weight excluding hydrogens is 400 g/mol. The fourth-order valence-corrected chi connectivity index (χ4v) is 5.72. The maximum absolute atomic E-state index is 13.4.